The molecule has 2 fully saturated rings. The Labute approximate surface area is 120 Å². The molecule has 2 saturated heterocycles. The molecule has 0 bridgehead atoms. The van der Waals surface area contributed by atoms with E-state index in [2.05, 4.69) is 40.0 Å². The van der Waals surface area contributed by atoms with Crippen molar-refractivity contribution in [3.05, 3.63) is 11.1 Å². The number of thiazole rings is 1. The van der Waals surface area contributed by atoms with Crippen molar-refractivity contribution in [3.8, 4) is 0 Å². The molecule has 0 N–H and O–H groups in total. The van der Waals surface area contributed by atoms with Gasteiger partial charge >= 0.3 is 0 Å². The zero-order valence-electron chi connectivity index (χ0n) is 12.0. The Bertz CT molecular complexity index is 411. The van der Waals surface area contributed by atoms with Crippen LogP contribution in [-0.4, -0.2) is 61.1 Å². The number of hydrogen-bond donors (Lipinski definition) is 0. The van der Waals surface area contributed by atoms with E-state index in [-0.39, 0.29) is 0 Å². The van der Waals surface area contributed by atoms with Crippen molar-refractivity contribution in [1.82, 2.24) is 14.8 Å². The summed E-state index contributed by atoms with van der Waals surface area (Å²) in [6.07, 6.45) is 6.03. The lowest BCUT2D eigenvalue weighted by atomic mass is 10.2. The minimum atomic E-state index is 0.728. The van der Waals surface area contributed by atoms with Gasteiger partial charge in [0.05, 0.1) is 0 Å². The summed E-state index contributed by atoms with van der Waals surface area (Å²) < 4.78 is 0. The summed E-state index contributed by atoms with van der Waals surface area (Å²) in [5.41, 5.74) is 0. The normalized spacial score (nSPS) is 24.8. The summed E-state index contributed by atoms with van der Waals surface area (Å²) in [6, 6.07) is 0.728. The SMILES string of the molecule is CN(C)[C@@H]1CCN(Cc2cnc(N3CCCC3)s2)C1. The molecule has 5 heteroatoms. The van der Waals surface area contributed by atoms with Crippen LogP contribution in [0.4, 0.5) is 5.13 Å². The minimum Gasteiger partial charge on any atom is -0.348 e. The molecule has 1 atom stereocenters. The quantitative estimate of drug-likeness (QED) is 0.840. The largest absolute Gasteiger partial charge is 0.348 e. The summed E-state index contributed by atoms with van der Waals surface area (Å²) >= 11 is 1.89. The fraction of sp³-hybridized carbons (Fsp3) is 0.786. The third-order valence-corrected chi connectivity index (χ3v) is 5.32. The molecule has 0 radical (unpaired) electrons. The van der Waals surface area contributed by atoms with Crippen LogP contribution in [0.15, 0.2) is 6.20 Å². The lowest BCUT2D eigenvalue weighted by Gasteiger charge is -2.19. The van der Waals surface area contributed by atoms with Gasteiger partial charge in [0.15, 0.2) is 5.13 Å². The van der Waals surface area contributed by atoms with Gasteiger partial charge < -0.3 is 9.80 Å². The van der Waals surface area contributed by atoms with Crippen LogP contribution in [0.25, 0.3) is 0 Å². The van der Waals surface area contributed by atoms with Crippen LogP contribution in [-0.2, 0) is 6.54 Å². The van der Waals surface area contributed by atoms with Crippen LogP contribution in [0.1, 0.15) is 24.1 Å². The van der Waals surface area contributed by atoms with Gasteiger partial charge in [-0.25, -0.2) is 4.98 Å². The van der Waals surface area contributed by atoms with Gasteiger partial charge in [-0.15, -0.1) is 11.3 Å². The number of likely N-dealkylation sites (tertiary alicyclic amines) is 1. The molecule has 1 aromatic heterocycles. The van der Waals surface area contributed by atoms with Crippen LogP contribution < -0.4 is 4.90 Å². The molecule has 0 unspecified atom stereocenters. The van der Waals surface area contributed by atoms with Crippen LogP contribution in [0.2, 0.25) is 0 Å². The molecular weight excluding hydrogens is 256 g/mol. The van der Waals surface area contributed by atoms with E-state index in [9.17, 15) is 0 Å². The Morgan fingerprint density at radius 3 is 2.79 bits per heavy atom. The van der Waals surface area contributed by atoms with Gasteiger partial charge in [0.2, 0.25) is 0 Å². The summed E-state index contributed by atoms with van der Waals surface area (Å²) in [7, 11) is 4.37. The molecule has 19 heavy (non-hydrogen) atoms. The van der Waals surface area contributed by atoms with Gasteiger partial charge in [-0.05, 0) is 33.4 Å². The first-order chi connectivity index (χ1) is 9.22. The predicted octanol–water partition coefficient (Wildman–Crippen LogP) is 1.88. The highest BCUT2D eigenvalue weighted by atomic mass is 32.1. The zero-order valence-corrected chi connectivity index (χ0v) is 12.8. The van der Waals surface area contributed by atoms with Gasteiger partial charge in [0.1, 0.15) is 0 Å². The molecule has 0 saturated carbocycles. The molecule has 0 aromatic carbocycles. The first-order valence-electron chi connectivity index (χ1n) is 7.31. The summed E-state index contributed by atoms with van der Waals surface area (Å²) in [4.78, 5) is 13.4. The number of anilines is 1. The summed E-state index contributed by atoms with van der Waals surface area (Å²) in [5, 5.41) is 1.23. The van der Waals surface area contributed by atoms with Crippen molar-refractivity contribution in [3.63, 3.8) is 0 Å². The van der Waals surface area contributed by atoms with Crippen LogP contribution >= 0.6 is 11.3 Å². The molecular formula is C14H24N4S. The van der Waals surface area contributed by atoms with E-state index >= 15 is 0 Å². The van der Waals surface area contributed by atoms with Crippen LogP contribution in [0.3, 0.4) is 0 Å². The van der Waals surface area contributed by atoms with Crippen molar-refractivity contribution >= 4 is 16.5 Å². The topological polar surface area (TPSA) is 22.6 Å². The smallest absolute Gasteiger partial charge is 0.185 e. The van der Waals surface area contributed by atoms with Gasteiger partial charge in [0, 0.05) is 49.8 Å². The van der Waals surface area contributed by atoms with E-state index in [1.807, 2.05) is 11.3 Å². The lowest BCUT2D eigenvalue weighted by Crippen LogP contribution is -2.31. The van der Waals surface area contributed by atoms with Crippen molar-refractivity contribution in [2.75, 3.05) is 45.2 Å². The van der Waals surface area contributed by atoms with E-state index in [1.165, 1.54) is 55.5 Å². The first kappa shape index (κ1) is 13.3. The molecule has 0 aliphatic carbocycles. The number of hydrogen-bond acceptors (Lipinski definition) is 5. The third kappa shape index (κ3) is 3.09. The van der Waals surface area contributed by atoms with Crippen molar-refractivity contribution in [1.29, 1.82) is 0 Å². The third-order valence-electron chi connectivity index (χ3n) is 4.28. The minimum absolute atomic E-state index is 0.728. The summed E-state index contributed by atoms with van der Waals surface area (Å²) in [5.74, 6) is 0. The number of aromatic nitrogens is 1. The predicted molar refractivity (Wildman–Crippen MR) is 80.9 cm³/mol. The Kier molecular flexibility index (Phi) is 4.05. The monoisotopic (exact) mass is 280 g/mol. The second-order valence-corrected chi connectivity index (χ2v) is 7.04. The Balaban J connectivity index is 1.56. The molecule has 4 nitrogen and oxygen atoms in total. The Morgan fingerprint density at radius 1 is 1.32 bits per heavy atom. The van der Waals surface area contributed by atoms with Crippen molar-refractivity contribution in [2.45, 2.75) is 31.8 Å². The second kappa shape index (κ2) is 5.77. The maximum atomic E-state index is 4.60. The molecule has 0 spiro atoms. The fourth-order valence-corrected chi connectivity index (χ4v) is 4.03. The van der Waals surface area contributed by atoms with Crippen molar-refractivity contribution < 1.29 is 0 Å². The molecule has 0 amide bonds. The van der Waals surface area contributed by atoms with Crippen molar-refractivity contribution in [2.24, 2.45) is 0 Å². The van der Waals surface area contributed by atoms with Gasteiger partial charge in [0.25, 0.3) is 0 Å². The zero-order chi connectivity index (χ0) is 13.2. The highest BCUT2D eigenvalue weighted by Gasteiger charge is 2.24. The highest BCUT2D eigenvalue weighted by molar-refractivity contribution is 7.15. The summed E-state index contributed by atoms with van der Waals surface area (Å²) in [6.45, 7) is 5.89. The average molecular weight is 280 g/mol. The molecule has 3 rings (SSSR count). The maximum Gasteiger partial charge on any atom is 0.185 e. The van der Waals surface area contributed by atoms with E-state index in [0.717, 1.165) is 12.6 Å². The molecule has 106 valence electrons. The van der Waals surface area contributed by atoms with Gasteiger partial charge in [-0.3, -0.25) is 4.90 Å². The van der Waals surface area contributed by atoms with Crippen LogP contribution in [0, 0.1) is 0 Å². The number of rotatable bonds is 4. The first-order valence-corrected chi connectivity index (χ1v) is 8.12. The Hall–Kier alpha value is -0.650. The number of nitrogens with zero attached hydrogens (tertiary/aromatic N) is 4. The highest BCUT2D eigenvalue weighted by Crippen LogP contribution is 2.27. The fourth-order valence-electron chi connectivity index (χ4n) is 3.02. The molecule has 1 aromatic rings. The maximum absolute atomic E-state index is 4.60. The van der Waals surface area contributed by atoms with E-state index in [1.54, 1.807) is 0 Å². The number of likely N-dealkylation sites (N-methyl/N-ethyl adjacent to an activating group) is 1. The van der Waals surface area contributed by atoms with Crippen LogP contribution in [0.5, 0.6) is 0 Å². The van der Waals surface area contributed by atoms with Gasteiger partial charge in [-0.1, -0.05) is 0 Å². The average Bonchev–Trinajstić information content (AvgIpc) is 3.09. The van der Waals surface area contributed by atoms with E-state index in [4.69, 9.17) is 0 Å². The molecule has 2 aliphatic heterocycles. The standard InChI is InChI=1S/C14H24N4S/c1-16(2)12-5-8-17(10-12)11-13-9-15-14(19-13)18-6-3-4-7-18/h9,12H,3-8,10-11H2,1-2H3/t12-/m1/s1. The van der Waals surface area contributed by atoms with Gasteiger partial charge in [-0.2, -0.15) is 0 Å². The lowest BCUT2D eigenvalue weighted by molar-refractivity contribution is 0.266. The van der Waals surface area contributed by atoms with E-state index in [0.29, 0.717) is 0 Å². The Morgan fingerprint density at radius 2 is 2.11 bits per heavy atom. The molecule has 3 heterocycles. The van der Waals surface area contributed by atoms with E-state index < -0.39 is 0 Å². The molecule has 2 aliphatic rings. The second-order valence-electron chi connectivity index (χ2n) is 5.94.